The molecule has 2 aromatic heterocycles. The number of carbonyl (C=O) groups is 2. The Kier molecular flexibility index (Phi) is 6.72. The Morgan fingerprint density at radius 1 is 1.27 bits per heavy atom. The number of ether oxygens (including phenoxy) is 1. The molecule has 0 spiro atoms. The fraction of sp³-hybridized carbons (Fsp3) is 0.136. The molecule has 152 valence electrons. The van der Waals surface area contributed by atoms with Crippen molar-refractivity contribution in [2.24, 2.45) is 0 Å². The van der Waals surface area contributed by atoms with Crippen molar-refractivity contribution in [3.05, 3.63) is 69.5 Å². The summed E-state index contributed by atoms with van der Waals surface area (Å²) in [6, 6.07) is 12.2. The summed E-state index contributed by atoms with van der Waals surface area (Å²) in [6.07, 6.45) is 1.35. The number of hydrogen-bond donors (Lipinski definition) is 1. The minimum Gasteiger partial charge on any atom is -0.462 e. The third-order valence-electron chi connectivity index (χ3n) is 4.07. The second kappa shape index (κ2) is 9.44. The molecule has 6 nitrogen and oxygen atoms in total. The number of anilines is 1. The largest absolute Gasteiger partial charge is 0.462 e. The zero-order valence-electron chi connectivity index (χ0n) is 16.2. The van der Waals surface area contributed by atoms with E-state index in [1.165, 1.54) is 17.4 Å². The molecule has 30 heavy (non-hydrogen) atoms. The van der Waals surface area contributed by atoms with Crippen LogP contribution in [0.15, 0.2) is 51.8 Å². The third-order valence-corrected chi connectivity index (χ3v) is 5.21. The van der Waals surface area contributed by atoms with Gasteiger partial charge in [0.05, 0.1) is 6.61 Å². The van der Waals surface area contributed by atoms with E-state index in [0.717, 1.165) is 5.56 Å². The molecule has 8 heteroatoms. The molecule has 1 amide bonds. The van der Waals surface area contributed by atoms with E-state index in [0.29, 0.717) is 27.1 Å². The van der Waals surface area contributed by atoms with Crippen LogP contribution in [0.25, 0.3) is 17.2 Å². The first-order valence-corrected chi connectivity index (χ1v) is 10.2. The quantitative estimate of drug-likeness (QED) is 0.302. The molecule has 0 aliphatic heterocycles. The molecular formula is C22H17ClN2O4S. The molecule has 0 fully saturated rings. The minimum absolute atomic E-state index is 0.152. The standard InChI is InChI=1S/C22H17ClN2O4S/c1-3-28-22(27)19-18(14-5-7-16(23)8-6-14)12-30-21(19)25-20(26)15(11-24)10-17-9-4-13(2)29-17/h4-10,12H,3H2,1-2H3,(H,25,26)/b15-10+. The van der Waals surface area contributed by atoms with Crippen molar-refractivity contribution in [3.8, 4) is 17.2 Å². The van der Waals surface area contributed by atoms with Gasteiger partial charge in [0.2, 0.25) is 0 Å². The number of nitriles is 1. The van der Waals surface area contributed by atoms with E-state index < -0.39 is 11.9 Å². The molecule has 3 aromatic rings. The summed E-state index contributed by atoms with van der Waals surface area (Å²) in [5, 5.41) is 14.6. The van der Waals surface area contributed by atoms with Crippen LogP contribution in [0.3, 0.4) is 0 Å². The molecule has 0 atom stereocenters. The number of thiophene rings is 1. The highest BCUT2D eigenvalue weighted by molar-refractivity contribution is 7.15. The van der Waals surface area contributed by atoms with Gasteiger partial charge in [-0.1, -0.05) is 23.7 Å². The van der Waals surface area contributed by atoms with E-state index in [4.69, 9.17) is 20.8 Å². The van der Waals surface area contributed by atoms with Gasteiger partial charge in [0, 0.05) is 22.0 Å². The molecule has 0 aliphatic carbocycles. The topological polar surface area (TPSA) is 92.3 Å². The predicted octanol–water partition coefficient (Wildman–Crippen LogP) is 5.69. The Hall–Kier alpha value is -3.34. The van der Waals surface area contributed by atoms with Crippen LogP contribution < -0.4 is 5.32 Å². The molecule has 1 N–H and O–H groups in total. The van der Waals surface area contributed by atoms with E-state index in [-0.39, 0.29) is 17.7 Å². The summed E-state index contributed by atoms with van der Waals surface area (Å²) in [6.45, 7) is 3.65. The monoisotopic (exact) mass is 440 g/mol. The van der Waals surface area contributed by atoms with Gasteiger partial charge in [-0.05, 0) is 43.7 Å². The maximum atomic E-state index is 12.7. The van der Waals surface area contributed by atoms with Crippen molar-refractivity contribution in [1.82, 2.24) is 0 Å². The number of nitrogens with one attached hydrogen (secondary N) is 1. The molecule has 0 saturated heterocycles. The van der Waals surface area contributed by atoms with Gasteiger partial charge in [-0.15, -0.1) is 11.3 Å². The summed E-state index contributed by atoms with van der Waals surface area (Å²) in [5.74, 6) is -0.169. The smallest absolute Gasteiger partial charge is 0.341 e. The molecule has 0 unspecified atom stereocenters. The van der Waals surface area contributed by atoms with E-state index in [1.807, 2.05) is 6.07 Å². The highest BCUT2D eigenvalue weighted by Crippen LogP contribution is 2.37. The predicted molar refractivity (Wildman–Crippen MR) is 116 cm³/mol. The Labute approximate surface area is 182 Å². The minimum atomic E-state index is -0.651. The zero-order valence-corrected chi connectivity index (χ0v) is 17.8. The number of hydrogen-bond acceptors (Lipinski definition) is 6. The Morgan fingerprint density at radius 3 is 2.60 bits per heavy atom. The van der Waals surface area contributed by atoms with Crippen molar-refractivity contribution in [3.63, 3.8) is 0 Å². The fourth-order valence-corrected chi connectivity index (χ4v) is 3.77. The van der Waals surface area contributed by atoms with Gasteiger partial charge in [-0.25, -0.2) is 4.79 Å². The maximum absolute atomic E-state index is 12.7. The van der Waals surface area contributed by atoms with E-state index >= 15 is 0 Å². The van der Waals surface area contributed by atoms with Gasteiger partial charge in [-0.2, -0.15) is 5.26 Å². The van der Waals surface area contributed by atoms with Crippen LogP contribution in [0.4, 0.5) is 5.00 Å². The number of halogens is 1. The number of furan rings is 1. The number of nitrogens with zero attached hydrogens (tertiary/aromatic N) is 1. The summed E-state index contributed by atoms with van der Waals surface area (Å²) in [4.78, 5) is 25.3. The number of rotatable bonds is 6. The Morgan fingerprint density at radius 2 is 2.00 bits per heavy atom. The number of carbonyl (C=O) groups excluding carboxylic acids is 2. The normalized spacial score (nSPS) is 11.1. The first kappa shape index (κ1) is 21.4. The Balaban J connectivity index is 1.96. The summed E-state index contributed by atoms with van der Waals surface area (Å²) < 4.78 is 10.6. The molecule has 0 saturated carbocycles. The molecule has 1 aromatic carbocycles. The average Bonchev–Trinajstić information content (AvgIpc) is 3.32. The van der Waals surface area contributed by atoms with Crippen LogP contribution >= 0.6 is 22.9 Å². The summed E-state index contributed by atoms with van der Waals surface area (Å²) in [7, 11) is 0. The lowest BCUT2D eigenvalue weighted by molar-refractivity contribution is -0.112. The highest BCUT2D eigenvalue weighted by Gasteiger charge is 2.24. The van der Waals surface area contributed by atoms with Gasteiger partial charge in [0.1, 0.15) is 33.7 Å². The number of amides is 1. The van der Waals surface area contributed by atoms with Crippen molar-refractivity contribution in [1.29, 1.82) is 5.26 Å². The first-order valence-electron chi connectivity index (χ1n) is 8.97. The molecule has 0 aliphatic rings. The Bertz CT molecular complexity index is 1150. The van der Waals surface area contributed by atoms with Gasteiger partial charge >= 0.3 is 5.97 Å². The third kappa shape index (κ3) is 4.79. The molecule has 3 rings (SSSR count). The van der Waals surface area contributed by atoms with Crippen LogP contribution in [0, 0.1) is 18.3 Å². The number of aryl methyl sites for hydroxylation is 1. The van der Waals surface area contributed by atoms with Crippen molar-refractivity contribution >= 4 is 45.9 Å². The second-order valence-corrected chi connectivity index (χ2v) is 7.47. The molecule has 0 radical (unpaired) electrons. The van der Waals surface area contributed by atoms with E-state index in [2.05, 4.69) is 5.32 Å². The van der Waals surface area contributed by atoms with Crippen LogP contribution in [0.1, 0.15) is 28.8 Å². The van der Waals surface area contributed by atoms with Crippen LogP contribution in [0.2, 0.25) is 5.02 Å². The van der Waals surface area contributed by atoms with Crippen molar-refractivity contribution in [2.45, 2.75) is 13.8 Å². The highest BCUT2D eigenvalue weighted by atomic mass is 35.5. The second-order valence-electron chi connectivity index (χ2n) is 6.15. The average molecular weight is 441 g/mol. The fourth-order valence-electron chi connectivity index (χ4n) is 2.69. The molecule has 0 bridgehead atoms. The lowest BCUT2D eigenvalue weighted by atomic mass is 10.0. The van der Waals surface area contributed by atoms with Gasteiger partial charge in [0.25, 0.3) is 5.91 Å². The van der Waals surface area contributed by atoms with Crippen LogP contribution in [0.5, 0.6) is 0 Å². The maximum Gasteiger partial charge on any atom is 0.341 e. The SMILES string of the molecule is CCOC(=O)c1c(-c2ccc(Cl)cc2)csc1NC(=O)/C(C#N)=C/c1ccc(C)o1. The lowest BCUT2D eigenvalue weighted by Crippen LogP contribution is -2.16. The van der Waals surface area contributed by atoms with Gasteiger partial charge in [-0.3, -0.25) is 4.79 Å². The van der Waals surface area contributed by atoms with Crippen molar-refractivity contribution < 1.29 is 18.7 Å². The van der Waals surface area contributed by atoms with Gasteiger partial charge in [0.15, 0.2) is 0 Å². The van der Waals surface area contributed by atoms with Crippen molar-refractivity contribution in [2.75, 3.05) is 11.9 Å². The van der Waals surface area contributed by atoms with E-state index in [9.17, 15) is 14.9 Å². The summed E-state index contributed by atoms with van der Waals surface area (Å²) in [5.41, 5.74) is 1.43. The summed E-state index contributed by atoms with van der Waals surface area (Å²) >= 11 is 7.12. The van der Waals surface area contributed by atoms with Crippen LogP contribution in [-0.4, -0.2) is 18.5 Å². The van der Waals surface area contributed by atoms with Gasteiger partial charge < -0.3 is 14.5 Å². The van der Waals surface area contributed by atoms with E-state index in [1.54, 1.807) is 55.6 Å². The first-order chi connectivity index (χ1) is 14.4. The molecular weight excluding hydrogens is 424 g/mol. The number of esters is 1. The molecule has 2 heterocycles. The van der Waals surface area contributed by atoms with Crippen LogP contribution in [-0.2, 0) is 9.53 Å². The zero-order chi connectivity index (χ0) is 21.7. The number of benzene rings is 1. The lowest BCUT2D eigenvalue weighted by Gasteiger charge is -2.08.